The normalized spacial score (nSPS) is 23.0. The average molecular weight is 668 g/mol. The van der Waals surface area contributed by atoms with Gasteiger partial charge in [0, 0.05) is 45.7 Å². The Morgan fingerprint density at radius 1 is 1.04 bits per heavy atom. The van der Waals surface area contributed by atoms with Crippen LogP contribution in [-0.4, -0.2) is 120 Å². The summed E-state index contributed by atoms with van der Waals surface area (Å²) in [7, 11) is 0. The van der Waals surface area contributed by atoms with E-state index >= 15 is 0 Å². The van der Waals surface area contributed by atoms with Crippen molar-refractivity contribution in [1.82, 2.24) is 35.6 Å². The number of aromatic nitrogens is 1. The number of β-amino-alcohol motifs (C(OH)–C–C–N with tert-alkyl or cyclic N) is 1. The summed E-state index contributed by atoms with van der Waals surface area (Å²) in [5, 5.41) is 20.1. The maximum absolute atomic E-state index is 14.0. The summed E-state index contributed by atoms with van der Waals surface area (Å²) in [6.45, 7) is 16.8. The predicted octanol–water partition coefficient (Wildman–Crippen LogP) is 2.41. The fourth-order valence-corrected chi connectivity index (χ4v) is 7.80. The molecule has 258 valence electrons. The number of carbonyl (C=O) groups is 3. The monoisotopic (exact) mass is 667 g/mol. The minimum atomic E-state index is -0.836. The van der Waals surface area contributed by atoms with Gasteiger partial charge in [-0.1, -0.05) is 45.0 Å². The quantitative estimate of drug-likeness (QED) is 0.304. The fourth-order valence-electron chi connectivity index (χ4n) is 6.98. The summed E-state index contributed by atoms with van der Waals surface area (Å²) in [5.74, 6) is -0.109. The second-order valence-corrected chi connectivity index (χ2v) is 15.5. The highest BCUT2D eigenvalue weighted by Gasteiger charge is 2.44. The number of likely N-dealkylation sites (tertiary alicyclic amines) is 1. The largest absolute Gasteiger partial charge is 0.391 e. The number of amides is 3. The molecule has 3 aliphatic rings. The predicted molar refractivity (Wildman–Crippen MR) is 185 cm³/mol. The number of hydrogen-bond donors (Lipinski definition) is 4. The first-order chi connectivity index (χ1) is 22.4. The first-order valence-corrected chi connectivity index (χ1v) is 18.0. The minimum absolute atomic E-state index is 0.0513. The van der Waals surface area contributed by atoms with Gasteiger partial charge in [0.25, 0.3) is 0 Å². The van der Waals surface area contributed by atoms with Gasteiger partial charge in [-0.15, -0.1) is 11.3 Å². The van der Waals surface area contributed by atoms with Gasteiger partial charge in [-0.3, -0.25) is 19.3 Å². The Kier molecular flexibility index (Phi) is 11.7. The summed E-state index contributed by atoms with van der Waals surface area (Å²) in [4.78, 5) is 52.5. The molecule has 5 rings (SSSR count). The number of piperidine rings is 1. The standard InChI is InChI=1S/C35H53N7O4S/c1-23(26-6-8-27(9-7-26)31-24(2)37-22-47-31)38-33(45)29-18-28(43)20-42(29)34(46)32(35(3,4)5)39-30(44)21-41-16-14-40(15-17-41)19-25-10-12-36-13-11-25/h6-9,22-23,25,28-29,32,36,43H,10-21H2,1-5H3,(H,38,45)(H,39,44)/t23-,28+,29-,32?/m0/s1. The lowest BCUT2D eigenvalue weighted by Gasteiger charge is -2.38. The molecule has 3 aliphatic heterocycles. The molecule has 1 aromatic carbocycles. The number of nitrogens with one attached hydrogen (secondary N) is 3. The van der Waals surface area contributed by atoms with Crippen molar-refractivity contribution < 1.29 is 19.5 Å². The van der Waals surface area contributed by atoms with Gasteiger partial charge in [0.2, 0.25) is 17.7 Å². The van der Waals surface area contributed by atoms with Crippen molar-refractivity contribution in [3.8, 4) is 10.4 Å². The van der Waals surface area contributed by atoms with Gasteiger partial charge in [0.15, 0.2) is 0 Å². The van der Waals surface area contributed by atoms with Crippen LogP contribution in [-0.2, 0) is 14.4 Å². The van der Waals surface area contributed by atoms with Crippen LogP contribution < -0.4 is 16.0 Å². The van der Waals surface area contributed by atoms with Crippen LogP contribution in [0, 0.1) is 18.3 Å². The van der Waals surface area contributed by atoms with E-state index in [0.29, 0.717) is 0 Å². The van der Waals surface area contributed by atoms with Crippen molar-refractivity contribution in [3.63, 3.8) is 0 Å². The van der Waals surface area contributed by atoms with Crippen molar-refractivity contribution in [1.29, 1.82) is 0 Å². The summed E-state index contributed by atoms with van der Waals surface area (Å²) in [6.07, 6.45) is 1.79. The summed E-state index contributed by atoms with van der Waals surface area (Å²) in [6, 6.07) is 6.08. The van der Waals surface area contributed by atoms with E-state index in [2.05, 4.69) is 30.7 Å². The molecule has 4 N–H and O–H groups in total. The molecule has 11 nitrogen and oxygen atoms in total. The highest BCUT2D eigenvalue weighted by atomic mass is 32.1. The van der Waals surface area contributed by atoms with Crippen LogP contribution in [0.3, 0.4) is 0 Å². The number of rotatable bonds is 10. The van der Waals surface area contributed by atoms with Crippen LogP contribution in [0.1, 0.15) is 64.3 Å². The lowest BCUT2D eigenvalue weighted by atomic mass is 9.85. The van der Waals surface area contributed by atoms with Gasteiger partial charge in [-0.05, 0) is 62.2 Å². The first kappa shape index (κ1) is 35.4. The second-order valence-electron chi connectivity index (χ2n) is 14.7. The smallest absolute Gasteiger partial charge is 0.246 e. The molecule has 1 aromatic heterocycles. The van der Waals surface area contributed by atoms with E-state index < -0.39 is 23.6 Å². The van der Waals surface area contributed by atoms with Gasteiger partial charge < -0.3 is 30.9 Å². The molecule has 0 aliphatic carbocycles. The average Bonchev–Trinajstić information content (AvgIpc) is 3.66. The lowest BCUT2D eigenvalue weighted by Crippen LogP contribution is -2.59. The highest BCUT2D eigenvalue weighted by molar-refractivity contribution is 7.13. The van der Waals surface area contributed by atoms with Gasteiger partial charge >= 0.3 is 0 Å². The molecule has 0 bridgehead atoms. The molecule has 0 radical (unpaired) electrons. The van der Waals surface area contributed by atoms with Crippen LogP contribution in [0.2, 0.25) is 0 Å². The highest BCUT2D eigenvalue weighted by Crippen LogP contribution is 2.29. The molecule has 4 atom stereocenters. The van der Waals surface area contributed by atoms with Crippen LogP contribution in [0.5, 0.6) is 0 Å². The van der Waals surface area contributed by atoms with E-state index in [9.17, 15) is 19.5 Å². The molecule has 3 fully saturated rings. The molecule has 12 heteroatoms. The van der Waals surface area contributed by atoms with E-state index in [1.807, 2.05) is 64.4 Å². The molecule has 2 aromatic rings. The van der Waals surface area contributed by atoms with Crippen molar-refractivity contribution in [3.05, 3.63) is 41.0 Å². The number of thiazole rings is 1. The third kappa shape index (κ3) is 9.17. The zero-order valence-corrected chi connectivity index (χ0v) is 29.4. The second kappa shape index (κ2) is 15.5. The first-order valence-electron chi connectivity index (χ1n) is 17.1. The zero-order chi connectivity index (χ0) is 33.7. The van der Waals surface area contributed by atoms with E-state index in [-0.39, 0.29) is 43.3 Å². The number of nitrogens with zero attached hydrogens (tertiary/aromatic N) is 4. The molecule has 4 heterocycles. The summed E-state index contributed by atoms with van der Waals surface area (Å²) in [5.41, 5.74) is 4.24. The minimum Gasteiger partial charge on any atom is -0.391 e. The number of aliphatic hydroxyl groups excluding tert-OH is 1. The summed E-state index contributed by atoms with van der Waals surface area (Å²) < 4.78 is 0. The molecule has 3 amide bonds. The fraction of sp³-hybridized carbons (Fsp3) is 0.657. The van der Waals surface area contributed by atoms with Crippen molar-refractivity contribution >= 4 is 29.1 Å². The molecule has 1 unspecified atom stereocenters. The Balaban J connectivity index is 1.16. The summed E-state index contributed by atoms with van der Waals surface area (Å²) >= 11 is 1.59. The third-order valence-corrected chi connectivity index (χ3v) is 10.8. The zero-order valence-electron chi connectivity index (χ0n) is 28.6. The van der Waals surface area contributed by atoms with Crippen LogP contribution >= 0.6 is 11.3 Å². The molecular weight excluding hydrogens is 614 g/mol. The van der Waals surface area contributed by atoms with Gasteiger partial charge in [-0.2, -0.15) is 0 Å². The third-order valence-electron chi connectivity index (χ3n) is 9.87. The number of piperazine rings is 1. The molecular formula is C35H53N7O4S. The van der Waals surface area contributed by atoms with Crippen molar-refractivity contribution in [2.24, 2.45) is 11.3 Å². The van der Waals surface area contributed by atoms with Gasteiger partial charge in [0.05, 0.1) is 34.8 Å². The molecule has 3 saturated heterocycles. The van der Waals surface area contributed by atoms with Crippen molar-refractivity contribution in [2.45, 2.75) is 78.1 Å². The molecule has 0 saturated carbocycles. The van der Waals surface area contributed by atoms with Crippen molar-refractivity contribution in [2.75, 3.05) is 58.9 Å². The van der Waals surface area contributed by atoms with Gasteiger partial charge in [0.1, 0.15) is 12.1 Å². The number of benzene rings is 1. The maximum atomic E-state index is 14.0. The number of hydrogen-bond acceptors (Lipinski definition) is 9. The van der Waals surface area contributed by atoms with Crippen LogP contribution in [0.25, 0.3) is 10.4 Å². The topological polar surface area (TPSA) is 130 Å². The Labute approximate surface area is 283 Å². The Morgan fingerprint density at radius 2 is 1.70 bits per heavy atom. The van der Waals surface area contributed by atoms with Crippen LogP contribution in [0.4, 0.5) is 0 Å². The van der Waals surface area contributed by atoms with E-state index in [0.717, 1.165) is 73.4 Å². The number of aryl methyl sites for hydroxylation is 1. The Morgan fingerprint density at radius 3 is 2.32 bits per heavy atom. The van der Waals surface area contributed by atoms with Gasteiger partial charge in [-0.25, -0.2) is 4.98 Å². The van der Waals surface area contributed by atoms with E-state index in [1.54, 1.807) is 11.3 Å². The van der Waals surface area contributed by atoms with Crippen LogP contribution in [0.15, 0.2) is 29.8 Å². The number of aliphatic hydroxyl groups is 1. The SMILES string of the molecule is Cc1ncsc1-c1ccc([C@H](C)NC(=O)[C@@H]2C[C@@H](O)CN2C(=O)C(NC(=O)CN2CCN(CC3CCNCC3)CC2)C(C)(C)C)cc1. The molecule has 0 spiro atoms. The van der Waals surface area contributed by atoms with E-state index in [1.165, 1.54) is 17.7 Å². The number of carbonyl (C=O) groups excluding carboxylic acids is 3. The lowest BCUT2D eigenvalue weighted by molar-refractivity contribution is -0.144. The Bertz CT molecular complexity index is 1360. The van der Waals surface area contributed by atoms with E-state index in [4.69, 9.17) is 0 Å². The Hall–Kier alpha value is -2.90. The molecule has 47 heavy (non-hydrogen) atoms. The maximum Gasteiger partial charge on any atom is 0.246 e.